The fraction of sp³-hybridized carbons (Fsp3) is 0.125. The molecular weight excluding hydrogens is 336 g/mol. The first kappa shape index (κ1) is 18.5. The average Bonchev–Trinajstić information content (AvgIpc) is 3.24. The lowest BCUT2D eigenvalue weighted by molar-refractivity contribution is 0.0978. The highest BCUT2D eigenvalue weighted by molar-refractivity contribution is 5.96. The van der Waals surface area contributed by atoms with Gasteiger partial charge in [0.2, 0.25) is 0 Å². The second-order valence-electron chi connectivity index (χ2n) is 6.13. The summed E-state index contributed by atoms with van der Waals surface area (Å²) in [4.78, 5) is 12.7. The van der Waals surface area contributed by atoms with Gasteiger partial charge < -0.3 is 9.15 Å². The zero-order chi connectivity index (χ0) is 18.9. The fourth-order valence-electron chi connectivity index (χ4n) is 2.82. The van der Waals surface area contributed by atoms with Crippen molar-refractivity contribution in [3.05, 3.63) is 108 Å². The monoisotopic (exact) mass is 358 g/mol. The van der Waals surface area contributed by atoms with Crippen LogP contribution in [0, 0.1) is 0 Å². The minimum atomic E-state index is -0.0233. The lowest BCUT2D eigenvalue weighted by Crippen LogP contribution is -2.06. The summed E-state index contributed by atoms with van der Waals surface area (Å²) in [5.74, 6) is 1.69. The minimum Gasteiger partial charge on any atom is -0.497 e. The van der Waals surface area contributed by atoms with Crippen molar-refractivity contribution in [2.75, 3.05) is 7.11 Å². The Hall–Kier alpha value is -3.33. The fourth-order valence-corrected chi connectivity index (χ4v) is 2.82. The van der Waals surface area contributed by atoms with E-state index in [0.717, 1.165) is 22.6 Å². The lowest BCUT2D eigenvalue weighted by Gasteiger charge is -2.13. The maximum Gasteiger partial charge on any atom is 0.163 e. The molecule has 0 saturated heterocycles. The molecule has 136 valence electrons. The van der Waals surface area contributed by atoms with Crippen LogP contribution in [0.25, 0.3) is 6.08 Å². The third kappa shape index (κ3) is 5.32. The molecule has 0 aliphatic rings. The molecule has 1 aromatic heterocycles. The molecule has 0 saturated carbocycles. The van der Waals surface area contributed by atoms with Crippen LogP contribution in [0.3, 0.4) is 0 Å². The quantitative estimate of drug-likeness (QED) is 0.371. The van der Waals surface area contributed by atoms with Gasteiger partial charge in [-0.2, -0.15) is 0 Å². The maximum atomic E-state index is 12.7. The van der Waals surface area contributed by atoms with Crippen molar-refractivity contribution >= 4 is 11.9 Å². The van der Waals surface area contributed by atoms with Crippen LogP contribution in [0.2, 0.25) is 0 Å². The van der Waals surface area contributed by atoms with E-state index in [1.165, 1.54) is 0 Å². The van der Waals surface area contributed by atoms with Gasteiger partial charge in [0.15, 0.2) is 5.78 Å². The third-order valence-electron chi connectivity index (χ3n) is 4.30. The predicted molar refractivity (Wildman–Crippen MR) is 108 cm³/mol. The van der Waals surface area contributed by atoms with E-state index in [0.29, 0.717) is 6.42 Å². The maximum absolute atomic E-state index is 12.7. The van der Waals surface area contributed by atoms with E-state index in [4.69, 9.17) is 9.15 Å². The van der Waals surface area contributed by atoms with Gasteiger partial charge in [-0.25, -0.2) is 0 Å². The topological polar surface area (TPSA) is 39.4 Å². The average molecular weight is 358 g/mol. The highest BCUT2D eigenvalue weighted by atomic mass is 16.5. The van der Waals surface area contributed by atoms with Crippen molar-refractivity contribution in [2.24, 2.45) is 0 Å². The normalized spacial score (nSPS) is 12.5. The van der Waals surface area contributed by atoms with Crippen molar-refractivity contribution in [1.29, 1.82) is 0 Å². The van der Waals surface area contributed by atoms with Gasteiger partial charge in [0.25, 0.3) is 0 Å². The van der Waals surface area contributed by atoms with Crippen LogP contribution in [0.5, 0.6) is 5.75 Å². The molecule has 0 radical (unpaired) electrons. The molecular formula is C24H22O3. The Labute approximate surface area is 159 Å². The lowest BCUT2D eigenvalue weighted by atomic mass is 9.91. The smallest absolute Gasteiger partial charge is 0.163 e. The number of hydrogen-bond donors (Lipinski definition) is 0. The van der Waals surface area contributed by atoms with Crippen molar-refractivity contribution in [2.45, 2.75) is 12.3 Å². The van der Waals surface area contributed by atoms with Crippen molar-refractivity contribution in [3.8, 4) is 5.75 Å². The standard InChI is InChI=1S/C24H22O3/c1-26-22-15-13-19(14-16-22)21(10-5-6-11-23-12-7-17-27-23)18-24(25)20-8-3-2-4-9-20/h2-17,21H,18H2,1H3/b10-5+,11-6+. The van der Waals surface area contributed by atoms with E-state index in [1.54, 1.807) is 13.4 Å². The minimum absolute atomic E-state index is 0.0233. The van der Waals surface area contributed by atoms with Gasteiger partial charge in [0.1, 0.15) is 11.5 Å². The molecule has 0 amide bonds. The summed E-state index contributed by atoms with van der Waals surface area (Å²) < 4.78 is 10.5. The molecule has 0 bridgehead atoms. The van der Waals surface area contributed by atoms with Crippen molar-refractivity contribution in [3.63, 3.8) is 0 Å². The highest BCUT2D eigenvalue weighted by Crippen LogP contribution is 2.25. The Morgan fingerprint density at radius 2 is 1.78 bits per heavy atom. The summed E-state index contributed by atoms with van der Waals surface area (Å²) in [5, 5.41) is 0. The highest BCUT2D eigenvalue weighted by Gasteiger charge is 2.15. The zero-order valence-electron chi connectivity index (χ0n) is 15.2. The largest absolute Gasteiger partial charge is 0.497 e. The van der Waals surface area contributed by atoms with Crippen LogP contribution in [-0.4, -0.2) is 12.9 Å². The summed E-state index contributed by atoms with van der Waals surface area (Å²) in [6, 6.07) is 21.0. The van der Waals surface area contributed by atoms with E-state index in [2.05, 4.69) is 0 Å². The number of ether oxygens (including phenoxy) is 1. The Morgan fingerprint density at radius 1 is 1.00 bits per heavy atom. The molecule has 0 N–H and O–H groups in total. The molecule has 0 aliphatic carbocycles. The summed E-state index contributed by atoms with van der Waals surface area (Å²) in [6.45, 7) is 0. The molecule has 27 heavy (non-hydrogen) atoms. The molecule has 3 nitrogen and oxygen atoms in total. The van der Waals surface area contributed by atoms with Crippen LogP contribution < -0.4 is 4.74 Å². The molecule has 1 unspecified atom stereocenters. The number of ketones is 1. The first-order valence-electron chi connectivity index (χ1n) is 8.87. The number of hydrogen-bond acceptors (Lipinski definition) is 3. The van der Waals surface area contributed by atoms with Crippen LogP contribution >= 0.6 is 0 Å². The third-order valence-corrected chi connectivity index (χ3v) is 4.30. The van der Waals surface area contributed by atoms with E-state index in [9.17, 15) is 4.79 Å². The van der Waals surface area contributed by atoms with E-state index in [-0.39, 0.29) is 11.7 Å². The SMILES string of the molecule is COc1ccc(C(/C=C/C=C/c2ccco2)CC(=O)c2ccccc2)cc1. The first-order valence-corrected chi connectivity index (χ1v) is 8.87. The van der Waals surface area contributed by atoms with Crippen molar-refractivity contribution in [1.82, 2.24) is 0 Å². The van der Waals surface area contributed by atoms with Gasteiger partial charge in [-0.1, -0.05) is 60.7 Å². The van der Waals surface area contributed by atoms with Crippen LogP contribution in [-0.2, 0) is 0 Å². The number of allylic oxidation sites excluding steroid dienone is 3. The number of carbonyl (C=O) groups is 1. The van der Waals surface area contributed by atoms with Crippen LogP contribution in [0.15, 0.2) is 95.6 Å². The van der Waals surface area contributed by atoms with Crippen molar-refractivity contribution < 1.29 is 13.9 Å². The second kappa shape index (κ2) is 9.39. The number of carbonyl (C=O) groups excluding carboxylic acids is 1. The van der Waals surface area contributed by atoms with Crippen LogP contribution in [0.1, 0.15) is 34.0 Å². The number of rotatable bonds is 8. The van der Waals surface area contributed by atoms with Gasteiger partial charge in [-0.3, -0.25) is 4.79 Å². The molecule has 3 heteroatoms. The van der Waals surface area contributed by atoms with E-state index < -0.39 is 0 Å². The molecule has 3 rings (SSSR count). The van der Waals surface area contributed by atoms with Gasteiger partial charge in [0.05, 0.1) is 13.4 Å². The summed E-state index contributed by atoms with van der Waals surface area (Å²) in [5.41, 5.74) is 1.80. The van der Waals surface area contributed by atoms with E-state index in [1.807, 2.05) is 91.0 Å². The van der Waals surface area contributed by atoms with E-state index >= 15 is 0 Å². The van der Waals surface area contributed by atoms with Gasteiger partial charge in [-0.05, 0) is 35.9 Å². The number of furan rings is 1. The predicted octanol–water partition coefficient (Wildman–Crippen LogP) is 5.91. The Balaban J connectivity index is 1.78. The second-order valence-corrected chi connectivity index (χ2v) is 6.13. The Kier molecular flexibility index (Phi) is 6.42. The summed E-state index contributed by atoms with van der Waals surface area (Å²) in [7, 11) is 1.64. The first-order chi connectivity index (χ1) is 13.3. The molecule has 2 aromatic carbocycles. The summed E-state index contributed by atoms with van der Waals surface area (Å²) in [6.07, 6.45) is 9.85. The number of benzene rings is 2. The van der Waals surface area contributed by atoms with Gasteiger partial charge in [-0.15, -0.1) is 0 Å². The van der Waals surface area contributed by atoms with Gasteiger partial charge in [0, 0.05) is 17.9 Å². The Bertz CT molecular complexity index is 889. The Morgan fingerprint density at radius 3 is 2.44 bits per heavy atom. The molecule has 1 heterocycles. The number of Topliss-reactive ketones (excluding diaryl/α,β-unsaturated/α-hetero) is 1. The molecule has 0 aliphatic heterocycles. The molecule has 1 atom stereocenters. The molecule has 3 aromatic rings. The van der Waals surface area contributed by atoms with Crippen LogP contribution in [0.4, 0.5) is 0 Å². The molecule has 0 fully saturated rings. The van der Waals surface area contributed by atoms with Gasteiger partial charge >= 0.3 is 0 Å². The summed E-state index contributed by atoms with van der Waals surface area (Å²) >= 11 is 0. The molecule has 0 spiro atoms. The number of methoxy groups -OCH3 is 1. The zero-order valence-corrected chi connectivity index (χ0v) is 15.2.